The van der Waals surface area contributed by atoms with Gasteiger partial charge in [0.15, 0.2) is 0 Å². The number of carbonyl (C=O) groups is 1. The van der Waals surface area contributed by atoms with Crippen LogP contribution < -0.4 is 0 Å². The summed E-state index contributed by atoms with van der Waals surface area (Å²) in [5.74, 6) is 2.71. The largest absolute Gasteiger partial charge is 0.365 e. The smallest absolute Gasteiger partial charge is 0.139 e. The number of methoxy groups -OCH3 is 1. The molecule has 4 saturated carbocycles. The Morgan fingerprint density at radius 1 is 0.867 bits per heavy atom. The zero-order valence-electron chi connectivity index (χ0n) is 21.2. The number of hydrogen-bond acceptors (Lipinski definition) is 4. The third-order valence-corrected chi connectivity index (χ3v) is 10.7. The molecule has 4 heteroatoms. The maximum absolute atomic E-state index is 12.6. The van der Waals surface area contributed by atoms with E-state index in [1.165, 1.54) is 37.7 Å². The first-order valence-electron chi connectivity index (χ1n) is 12.5. The Hall–Kier alpha value is -0.0600. The molecule has 0 aliphatic heterocycles. The van der Waals surface area contributed by atoms with Gasteiger partial charge in [-0.1, -0.05) is 48.5 Å². The van der Waals surface area contributed by atoms with Gasteiger partial charge in [-0.25, -0.2) is 0 Å². The third-order valence-electron chi connectivity index (χ3n) is 9.66. The first-order valence-corrected chi connectivity index (χ1v) is 13.3. The fraction of sp³-hybridized carbons (Fsp3) is 0.962. The predicted octanol–water partition coefficient (Wildman–Crippen LogP) is 7.68. The zero-order valence-corrected chi connectivity index (χ0v) is 22.0. The lowest BCUT2D eigenvalue weighted by atomic mass is 9.40. The number of ether oxygens (including phenoxy) is 1. The second-order valence-corrected chi connectivity index (χ2v) is 11.6. The summed E-state index contributed by atoms with van der Waals surface area (Å²) in [5.41, 5.74) is 0.644. The minimum Gasteiger partial charge on any atom is -0.365 e. The Balaban J connectivity index is 0.000000757. The van der Waals surface area contributed by atoms with Crippen LogP contribution in [-0.2, 0) is 13.7 Å². The molecular weight excluding hydrogens is 392 g/mol. The van der Waals surface area contributed by atoms with Crippen molar-refractivity contribution in [3.05, 3.63) is 0 Å². The fourth-order valence-corrected chi connectivity index (χ4v) is 8.75. The van der Waals surface area contributed by atoms with Gasteiger partial charge in [-0.2, -0.15) is 0 Å². The highest BCUT2D eigenvalue weighted by atomic mass is 32.2. The molecule has 0 bridgehead atoms. The van der Waals surface area contributed by atoms with E-state index in [1.807, 2.05) is 34.8 Å². The molecule has 7 atom stereocenters. The molecule has 0 heterocycles. The Bertz CT molecular complexity index is 595. The summed E-state index contributed by atoms with van der Waals surface area (Å²) in [5, 5.41) is 0. The first kappa shape index (κ1) is 26.2. The molecular formula is C26H48O3S. The van der Waals surface area contributed by atoms with Crippen molar-refractivity contribution < 1.29 is 13.7 Å². The van der Waals surface area contributed by atoms with Crippen molar-refractivity contribution in [2.75, 3.05) is 14.2 Å². The molecule has 0 spiro atoms. The zero-order chi connectivity index (χ0) is 22.8. The van der Waals surface area contributed by atoms with E-state index in [9.17, 15) is 4.79 Å². The molecule has 3 nitrogen and oxygen atoms in total. The van der Waals surface area contributed by atoms with E-state index in [0.29, 0.717) is 22.5 Å². The van der Waals surface area contributed by atoms with Crippen LogP contribution in [0.1, 0.15) is 106 Å². The van der Waals surface area contributed by atoms with Crippen LogP contribution in [-0.4, -0.2) is 24.9 Å². The number of hydrogen-bond donors (Lipinski definition) is 0. The van der Waals surface area contributed by atoms with E-state index >= 15 is 0 Å². The molecule has 0 N–H and O–H groups in total. The van der Waals surface area contributed by atoms with Gasteiger partial charge in [-0.3, -0.25) is 4.79 Å². The summed E-state index contributed by atoms with van der Waals surface area (Å²) >= 11 is 1.53. The van der Waals surface area contributed by atoms with Gasteiger partial charge in [-0.15, -0.1) is 0 Å². The molecule has 4 aliphatic rings. The number of carbonyl (C=O) groups excluding carboxylic acids is 1. The summed E-state index contributed by atoms with van der Waals surface area (Å²) in [4.78, 5) is 12.4. The fourth-order valence-electron chi connectivity index (χ4n) is 7.81. The second kappa shape index (κ2) is 9.83. The van der Waals surface area contributed by atoms with Crippen molar-refractivity contribution in [2.45, 2.75) is 111 Å². The first-order chi connectivity index (χ1) is 14.2. The topological polar surface area (TPSA) is 35.5 Å². The van der Waals surface area contributed by atoms with Crippen LogP contribution in [0.4, 0.5) is 0 Å². The van der Waals surface area contributed by atoms with E-state index in [2.05, 4.69) is 20.8 Å². The van der Waals surface area contributed by atoms with Crippen molar-refractivity contribution in [1.82, 2.24) is 0 Å². The highest BCUT2D eigenvalue weighted by Crippen LogP contribution is 2.71. The van der Waals surface area contributed by atoms with Crippen LogP contribution in [0.25, 0.3) is 0 Å². The van der Waals surface area contributed by atoms with Crippen molar-refractivity contribution in [3.8, 4) is 0 Å². The molecule has 4 aliphatic carbocycles. The Morgan fingerprint density at radius 2 is 1.53 bits per heavy atom. The molecule has 0 amide bonds. The van der Waals surface area contributed by atoms with Crippen LogP contribution >= 0.6 is 12.0 Å². The minimum absolute atomic E-state index is 0.0118. The summed E-state index contributed by atoms with van der Waals surface area (Å²) in [6.07, 6.45) is 10.3. The molecule has 0 saturated heterocycles. The van der Waals surface area contributed by atoms with Gasteiger partial charge >= 0.3 is 0 Å². The van der Waals surface area contributed by atoms with Crippen molar-refractivity contribution in [1.29, 1.82) is 0 Å². The molecule has 0 aromatic carbocycles. The van der Waals surface area contributed by atoms with Gasteiger partial charge in [0.05, 0.1) is 7.11 Å². The number of Topliss-reactive ketones (excluding diaryl/α,β-unsaturated/α-hetero) is 1. The maximum Gasteiger partial charge on any atom is 0.139 e. The SMILES string of the molecule is CC.CC.COS[C@]1(OC)CCC2(C)C3CCC4(C)C(=O)CCC4C3CCC2(C)C1. The molecule has 0 aromatic rings. The minimum atomic E-state index is -0.192. The molecule has 176 valence electrons. The summed E-state index contributed by atoms with van der Waals surface area (Å²) in [6.45, 7) is 15.4. The standard InChI is InChI=1S/C22H36O3S.2C2H6/c1-19-10-8-15-16-6-7-18(23)20(16,2)11-9-17(15)21(19,3)12-13-22(14-19,24-4)26-25-5;2*1-2/h15-17H,6-14H2,1-5H3;2*1-2H3/t15?,16?,17?,19?,20?,21?,22-;;/m1../s1. The molecule has 0 aromatic heterocycles. The van der Waals surface area contributed by atoms with Gasteiger partial charge in [-0.05, 0) is 80.0 Å². The lowest BCUT2D eigenvalue weighted by Gasteiger charge is -2.66. The summed E-state index contributed by atoms with van der Waals surface area (Å²) in [6, 6.07) is 0. The highest BCUT2D eigenvalue weighted by molar-refractivity contribution is 7.95. The van der Waals surface area contributed by atoms with Gasteiger partial charge in [0, 0.05) is 31.0 Å². The highest BCUT2D eigenvalue weighted by Gasteiger charge is 2.65. The van der Waals surface area contributed by atoms with Crippen molar-refractivity contribution >= 4 is 17.8 Å². The van der Waals surface area contributed by atoms with Crippen LogP contribution in [0.2, 0.25) is 0 Å². The molecule has 6 unspecified atom stereocenters. The van der Waals surface area contributed by atoms with Crippen LogP contribution in [0.3, 0.4) is 0 Å². The monoisotopic (exact) mass is 440 g/mol. The average molecular weight is 441 g/mol. The van der Waals surface area contributed by atoms with E-state index in [4.69, 9.17) is 8.92 Å². The normalized spacial score (nSPS) is 47.0. The van der Waals surface area contributed by atoms with Crippen LogP contribution in [0.5, 0.6) is 0 Å². The van der Waals surface area contributed by atoms with E-state index < -0.39 is 0 Å². The lowest BCUT2D eigenvalue weighted by Crippen LogP contribution is -2.60. The van der Waals surface area contributed by atoms with E-state index in [1.54, 1.807) is 7.11 Å². The van der Waals surface area contributed by atoms with Gasteiger partial charge in [0.25, 0.3) is 0 Å². The molecule has 0 radical (unpaired) electrons. The van der Waals surface area contributed by atoms with Crippen LogP contribution in [0, 0.1) is 34.0 Å². The lowest BCUT2D eigenvalue weighted by molar-refractivity contribution is -0.179. The molecule has 30 heavy (non-hydrogen) atoms. The van der Waals surface area contributed by atoms with Gasteiger partial charge in [0.2, 0.25) is 0 Å². The molecule has 4 fully saturated rings. The van der Waals surface area contributed by atoms with Gasteiger partial charge < -0.3 is 8.92 Å². The van der Waals surface area contributed by atoms with E-state index in [-0.39, 0.29) is 10.3 Å². The number of ketones is 1. The van der Waals surface area contributed by atoms with Crippen molar-refractivity contribution in [2.24, 2.45) is 34.0 Å². The average Bonchev–Trinajstić information content (AvgIpc) is 3.07. The maximum atomic E-state index is 12.6. The Labute approximate surface area is 191 Å². The number of rotatable bonds is 3. The predicted molar refractivity (Wildman–Crippen MR) is 128 cm³/mol. The summed E-state index contributed by atoms with van der Waals surface area (Å²) in [7, 11) is 3.61. The van der Waals surface area contributed by atoms with Crippen LogP contribution in [0.15, 0.2) is 0 Å². The second-order valence-electron chi connectivity index (χ2n) is 10.4. The Kier molecular flexibility index (Phi) is 8.58. The van der Waals surface area contributed by atoms with E-state index in [0.717, 1.165) is 43.9 Å². The molecule has 4 rings (SSSR count). The number of fused-ring (bicyclic) bond motifs is 5. The quantitative estimate of drug-likeness (QED) is 0.333. The third kappa shape index (κ3) is 3.92. The van der Waals surface area contributed by atoms with Gasteiger partial charge in [0.1, 0.15) is 10.7 Å². The Morgan fingerprint density at radius 3 is 2.13 bits per heavy atom. The summed E-state index contributed by atoms with van der Waals surface area (Å²) < 4.78 is 11.5. The van der Waals surface area contributed by atoms with Crippen molar-refractivity contribution in [3.63, 3.8) is 0 Å².